The summed E-state index contributed by atoms with van der Waals surface area (Å²) < 4.78 is 95.2. The number of pyridine rings is 1. The van der Waals surface area contributed by atoms with Crippen LogP contribution in [0.2, 0.25) is 0 Å². The molecule has 0 saturated carbocycles. The molecule has 17 heteroatoms. The summed E-state index contributed by atoms with van der Waals surface area (Å²) in [5, 5.41) is 3.90. The number of amides is 2. The van der Waals surface area contributed by atoms with Crippen LogP contribution >= 0.6 is 0 Å². The van der Waals surface area contributed by atoms with Crippen molar-refractivity contribution in [3.8, 4) is 0 Å². The molecule has 1 fully saturated rings. The van der Waals surface area contributed by atoms with Gasteiger partial charge in [-0.25, -0.2) is 32.2 Å². The molecule has 3 aromatic heterocycles. The van der Waals surface area contributed by atoms with Gasteiger partial charge in [0.2, 0.25) is 6.41 Å². The molecule has 0 bridgehead atoms. The molecule has 4 heterocycles. The van der Waals surface area contributed by atoms with Crippen molar-refractivity contribution in [2.45, 2.75) is 44.1 Å². The van der Waals surface area contributed by atoms with Crippen LogP contribution in [0.25, 0.3) is 11.2 Å². The molecule has 0 spiro atoms. The van der Waals surface area contributed by atoms with Crippen LogP contribution in [0.1, 0.15) is 24.1 Å². The lowest BCUT2D eigenvalue weighted by atomic mass is 9.83. The first-order valence-corrected chi connectivity index (χ1v) is 13.5. The molecule has 0 radical (unpaired) electrons. The largest absolute Gasteiger partial charge is 0.433 e. The summed E-state index contributed by atoms with van der Waals surface area (Å²) in [7, 11) is 1.50. The Bertz CT molecular complexity index is 1690. The molecular weight excluding hydrogens is 613 g/mol. The van der Waals surface area contributed by atoms with Gasteiger partial charge in [0, 0.05) is 31.9 Å². The lowest BCUT2D eigenvalue weighted by molar-refractivity contribution is -0.141. The molecule has 238 valence electrons. The second-order valence-electron chi connectivity index (χ2n) is 10.5. The number of anilines is 2. The Labute approximate surface area is 251 Å². The van der Waals surface area contributed by atoms with Crippen LogP contribution in [0.3, 0.4) is 0 Å². The van der Waals surface area contributed by atoms with Crippen LogP contribution in [0, 0.1) is 11.6 Å². The first-order chi connectivity index (χ1) is 21.3. The monoisotopic (exact) mass is 638 g/mol. The molecule has 4 aromatic rings. The van der Waals surface area contributed by atoms with E-state index in [9.17, 15) is 40.3 Å². The number of aromatic nitrogens is 5. The van der Waals surface area contributed by atoms with E-state index in [1.165, 1.54) is 24.3 Å². The second-order valence-corrected chi connectivity index (χ2v) is 10.5. The smallest absolute Gasteiger partial charge is 0.355 e. The van der Waals surface area contributed by atoms with E-state index in [2.05, 4.69) is 20.1 Å². The van der Waals surface area contributed by atoms with Gasteiger partial charge in [-0.05, 0) is 49.7 Å². The molecular formula is C28H25F7N8O2. The fourth-order valence-electron chi connectivity index (χ4n) is 5.42. The Kier molecular flexibility index (Phi) is 8.73. The first-order valence-electron chi connectivity index (χ1n) is 13.5. The van der Waals surface area contributed by atoms with Gasteiger partial charge in [0.05, 0.1) is 18.1 Å². The van der Waals surface area contributed by atoms with Crippen molar-refractivity contribution in [2.24, 2.45) is 0 Å². The van der Waals surface area contributed by atoms with Gasteiger partial charge in [0.25, 0.3) is 12.3 Å². The lowest BCUT2D eigenvalue weighted by Crippen LogP contribution is -2.63. The van der Waals surface area contributed by atoms with E-state index in [-0.39, 0.29) is 55.8 Å². The number of hydrogen-bond donors (Lipinski definition) is 0. The number of alkyl halides is 5. The Balaban J connectivity index is 1.48. The standard InChI is InChI=1S/C28H25F7N8O2/c1-40(14-17-8-18(29)10-19(30)9-17)27(26(45)42(16-44)20-2-5-36-22(11-20)28(33,34)35)3-6-41(7-4-27)24-13-37-21-12-38-43(15-23(31)32)25(21)39-24/h2,5,8-13,16,23H,3-4,6-7,14-15H2,1H3. The molecule has 1 saturated heterocycles. The molecule has 0 unspecified atom stereocenters. The summed E-state index contributed by atoms with van der Waals surface area (Å²) in [5.74, 6) is -2.27. The predicted octanol–water partition coefficient (Wildman–Crippen LogP) is 4.44. The molecule has 0 N–H and O–H groups in total. The van der Waals surface area contributed by atoms with Gasteiger partial charge >= 0.3 is 6.18 Å². The molecule has 1 aromatic carbocycles. The third-order valence-electron chi connectivity index (χ3n) is 7.67. The summed E-state index contributed by atoms with van der Waals surface area (Å²) in [6.45, 7) is -0.644. The minimum atomic E-state index is -4.85. The number of carbonyl (C=O) groups excluding carboxylic acids is 2. The molecule has 45 heavy (non-hydrogen) atoms. The van der Waals surface area contributed by atoms with Gasteiger partial charge in [-0.3, -0.25) is 24.4 Å². The lowest BCUT2D eigenvalue weighted by Gasteiger charge is -2.47. The number of likely N-dealkylation sites (N-methyl/N-ethyl adjacent to an activating group) is 1. The fourth-order valence-corrected chi connectivity index (χ4v) is 5.42. The normalized spacial score (nSPS) is 15.2. The second kappa shape index (κ2) is 12.4. The quantitative estimate of drug-likeness (QED) is 0.196. The Hall–Kier alpha value is -4.67. The highest BCUT2D eigenvalue weighted by Crippen LogP contribution is 2.36. The number of nitrogens with zero attached hydrogens (tertiary/aromatic N) is 8. The maximum Gasteiger partial charge on any atom is 0.433 e. The highest BCUT2D eigenvalue weighted by atomic mass is 19.4. The molecule has 0 atom stereocenters. The number of piperidine rings is 1. The summed E-state index contributed by atoms with van der Waals surface area (Å²) in [6.07, 6.45) is -3.92. The van der Waals surface area contributed by atoms with Crippen molar-refractivity contribution in [2.75, 3.05) is 29.9 Å². The SMILES string of the molecule is CN(Cc1cc(F)cc(F)c1)C1(C(=O)N(C=O)c2ccnc(C(F)(F)F)c2)CCN(c2cnc3cnn(CC(F)F)c3n2)CC1. The van der Waals surface area contributed by atoms with Gasteiger partial charge in [-0.15, -0.1) is 0 Å². The number of hydrogen-bond acceptors (Lipinski definition) is 8. The van der Waals surface area contributed by atoms with Gasteiger partial charge in [0.1, 0.15) is 40.7 Å². The van der Waals surface area contributed by atoms with Crippen molar-refractivity contribution in [3.05, 3.63) is 71.8 Å². The first kappa shape index (κ1) is 31.7. The van der Waals surface area contributed by atoms with Crippen LogP contribution in [0.5, 0.6) is 0 Å². The zero-order valence-corrected chi connectivity index (χ0v) is 23.6. The van der Waals surface area contributed by atoms with Gasteiger partial charge in [-0.2, -0.15) is 18.3 Å². The Morgan fingerprint density at radius 1 is 1.07 bits per heavy atom. The molecule has 1 aliphatic rings. The zero-order valence-electron chi connectivity index (χ0n) is 23.6. The van der Waals surface area contributed by atoms with Crippen molar-refractivity contribution >= 4 is 35.0 Å². The molecule has 1 aliphatic heterocycles. The minimum Gasteiger partial charge on any atom is -0.355 e. The third kappa shape index (κ3) is 6.57. The summed E-state index contributed by atoms with van der Waals surface area (Å²) in [4.78, 5) is 42.2. The Morgan fingerprint density at radius 3 is 2.38 bits per heavy atom. The van der Waals surface area contributed by atoms with E-state index in [4.69, 9.17) is 0 Å². The number of rotatable bonds is 9. The summed E-state index contributed by atoms with van der Waals surface area (Å²) in [5.41, 5.74) is -2.64. The van der Waals surface area contributed by atoms with Crippen molar-refractivity contribution in [3.63, 3.8) is 0 Å². The highest BCUT2D eigenvalue weighted by Gasteiger charge is 2.48. The van der Waals surface area contributed by atoms with Crippen LogP contribution in [0.4, 0.5) is 42.2 Å². The van der Waals surface area contributed by atoms with Crippen LogP contribution < -0.4 is 9.80 Å². The van der Waals surface area contributed by atoms with Crippen molar-refractivity contribution in [1.82, 2.24) is 29.6 Å². The van der Waals surface area contributed by atoms with Crippen LogP contribution in [-0.4, -0.2) is 74.1 Å². The average molecular weight is 639 g/mol. The molecule has 0 aliphatic carbocycles. The van der Waals surface area contributed by atoms with Gasteiger partial charge in [-0.1, -0.05) is 0 Å². The van der Waals surface area contributed by atoms with E-state index in [0.29, 0.717) is 28.4 Å². The number of carbonyl (C=O) groups is 2. The third-order valence-corrected chi connectivity index (χ3v) is 7.67. The van der Waals surface area contributed by atoms with Crippen molar-refractivity contribution in [1.29, 1.82) is 0 Å². The number of imide groups is 1. The summed E-state index contributed by atoms with van der Waals surface area (Å²) in [6, 6.07) is 4.50. The van der Waals surface area contributed by atoms with Crippen molar-refractivity contribution < 1.29 is 40.3 Å². The van der Waals surface area contributed by atoms with E-state index in [0.717, 1.165) is 29.1 Å². The number of benzene rings is 1. The predicted molar refractivity (Wildman–Crippen MR) is 146 cm³/mol. The highest BCUT2D eigenvalue weighted by molar-refractivity contribution is 6.11. The minimum absolute atomic E-state index is 0.0162. The maximum atomic E-state index is 14.2. The molecule has 5 rings (SSSR count). The maximum absolute atomic E-state index is 14.2. The number of fused-ring (bicyclic) bond motifs is 1. The number of halogens is 7. The van der Waals surface area contributed by atoms with E-state index < -0.39 is 47.9 Å². The van der Waals surface area contributed by atoms with Gasteiger partial charge < -0.3 is 4.90 Å². The zero-order chi connectivity index (χ0) is 32.5. The fraction of sp³-hybridized carbons (Fsp3) is 0.357. The van der Waals surface area contributed by atoms with E-state index in [1.54, 1.807) is 4.90 Å². The topological polar surface area (TPSA) is 100 Å². The Morgan fingerprint density at radius 2 is 1.76 bits per heavy atom. The van der Waals surface area contributed by atoms with E-state index >= 15 is 0 Å². The average Bonchev–Trinajstić information content (AvgIpc) is 3.38. The van der Waals surface area contributed by atoms with Crippen LogP contribution in [-0.2, 0) is 28.9 Å². The summed E-state index contributed by atoms with van der Waals surface area (Å²) >= 11 is 0. The van der Waals surface area contributed by atoms with Gasteiger partial charge in [0.15, 0.2) is 5.65 Å². The van der Waals surface area contributed by atoms with Crippen LogP contribution in [0.15, 0.2) is 48.9 Å². The molecule has 2 amide bonds. The van der Waals surface area contributed by atoms with E-state index in [1.807, 2.05) is 0 Å². The molecule has 10 nitrogen and oxygen atoms in total.